The zero-order valence-corrected chi connectivity index (χ0v) is 16.4. The number of hydrogen-bond acceptors (Lipinski definition) is 4. The number of carbonyl (C=O) groups is 1. The van der Waals surface area contributed by atoms with Gasteiger partial charge in [0.1, 0.15) is 0 Å². The summed E-state index contributed by atoms with van der Waals surface area (Å²) in [5.74, 6) is 0.149. The van der Waals surface area contributed by atoms with Crippen LogP contribution in [0.3, 0.4) is 0 Å². The fourth-order valence-corrected chi connectivity index (χ4v) is 7.19. The number of nitrogens with zero attached hydrogens (tertiary/aromatic N) is 2. The van der Waals surface area contributed by atoms with Crippen molar-refractivity contribution in [3.05, 3.63) is 34.9 Å². The number of thioether (sulfide) groups is 1. The van der Waals surface area contributed by atoms with Gasteiger partial charge in [0, 0.05) is 23.2 Å². The van der Waals surface area contributed by atoms with Crippen molar-refractivity contribution in [2.24, 2.45) is 4.99 Å². The summed E-state index contributed by atoms with van der Waals surface area (Å²) in [6, 6.07) is 7.34. The van der Waals surface area contributed by atoms with E-state index in [1.54, 1.807) is 0 Å². The Hall–Kier alpha value is -1.05. The number of rotatable bonds is 5. The Morgan fingerprint density at radius 2 is 2.04 bits per heavy atom. The first kappa shape index (κ1) is 18.7. The molecule has 0 aromatic heterocycles. The number of amidine groups is 1. The predicted molar refractivity (Wildman–Crippen MR) is 103 cm³/mol. The molecule has 3 rings (SSSR count). The summed E-state index contributed by atoms with van der Waals surface area (Å²) < 4.78 is 24.0. The molecule has 5 nitrogen and oxygen atoms in total. The van der Waals surface area contributed by atoms with Gasteiger partial charge in [-0.1, -0.05) is 48.8 Å². The Bertz CT molecular complexity index is 778. The van der Waals surface area contributed by atoms with Crippen LogP contribution in [0.4, 0.5) is 0 Å². The molecule has 1 aromatic carbocycles. The molecular formula is C17H21ClN2O3S2. The second-order valence-corrected chi connectivity index (χ2v) is 10.2. The third kappa shape index (κ3) is 4.57. The van der Waals surface area contributed by atoms with E-state index in [0.29, 0.717) is 23.2 Å². The molecule has 0 spiro atoms. The number of unbranched alkanes of at least 4 members (excludes halogenated alkanes) is 1. The molecule has 0 aliphatic carbocycles. The maximum Gasteiger partial charge on any atom is 0.248 e. The van der Waals surface area contributed by atoms with Crippen molar-refractivity contribution < 1.29 is 13.2 Å². The molecule has 2 saturated heterocycles. The van der Waals surface area contributed by atoms with E-state index in [9.17, 15) is 13.2 Å². The first-order valence-electron chi connectivity index (χ1n) is 8.37. The van der Waals surface area contributed by atoms with Crippen LogP contribution < -0.4 is 0 Å². The molecule has 25 heavy (non-hydrogen) atoms. The van der Waals surface area contributed by atoms with E-state index in [0.717, 1.165) is 18.4 Å². The second-order valence-electron chi connectivity index (χ2n) is 6.45. The van der Waals surface area contributed by atoms with Crippen molar-refractivity contribution in [1.82, 2.24) is 4.90 Å². The molecule has 1 amide bonds. The van der Waals surface area contributed by atoms with Gasteiger partial charge in [0.15, 0.2) is 15.0 Å². The lowest BCUT2D eigenvalue weighted by molar-refractivity contribution is -0.117. The number of fused-ring (bicyclic) bond motifs is 1. The average molecular weight is 401 g/mol. The topological polar surface area (TPSA) is 66.8 Å². The number of sulfone groups is 1. The van der Waals surface area contributed by atoms with Crippen LogP contribution in [0.5, 0.6) is 0 Å². The van der Waals surface area contributed by atoms with Gasteiger partial charge in [-0.2, -0.15) is 4.99 Å². The molecule has 2 fully saturated rings. The Labute approximate surface area is 157 Å². The van der Waals surface area contributed by atoms with Gasteiger partial charge in [-0.25, -0.2) is 8.42 Å². The zero-order chi connectivity index (χ0) is 18.0. The molecule has 136 valence electrons. The molecule has 0 unspecified atom stereocenters. The minimum Gasteiger partial charge on any atom is -0.342 e. The predicted octanol–water partition coefficient (Wildman–Crippen LogP) is 3.13. The number of hydrogen-bond donors (Lipinski definition) is 0. The van der Waals surface area contributed by atoms with Crippen LogP contribution in [-0.2, 0) is 21.2 Å². The highest BCUT2D eigenvalue weighted by molar-refractivity contribution is 8.15. The normalized spacial score (nSPS) is 26.2. The van der Waals surface area contributed by atoms with Crippen molar-refractivity contribution in [1.29, 1.82) is 0 Å². The van der Waals surface area contributed by atoms with Crippen LogP contribution >= 0.6 is 23.4 Å². The van der Waals surface area contributed by atoms with E-state index >= 15 is 0 Å². The fourth-order valence-electron chi connectivity index (χ4n) is 3.10. The summed E-state index contributed by atoms with van der Waals surface area (Å²) in [7, 11) is -3.03. The largest absolute Gasteiger partial charge is 0.342 e. The molecular weight excluding hydrogens is 380 g/mol. The van der Waals surface area contributed by atoms with Crippen molar-refractivity contribution in [2.45, 2.75) is 44.0 Å². The van der Waals surface area contributed by atoms with Crippen molar-refractivity contribution in [3.8, 4) is 0 Å². The van der Waals surface area contributed by atoms with Gasteiger partial charge in [0.25, 0.3) is 0 Å². The van der Waals surface area contributed by atoms with Gasteiger partial charge >= 0.3 is 0 Å². The van der Waals surface area contributed by atoms with Crippen LogP contribution in [0.1, 0.15) is 31.7 Å². The summed E-state index contributed by atoms with van der Waals surface area (Å²) in [5, 5.41) is 1.26. The first-order valence-corrected chi connectivity index (χ1v) is 11.5. The van der Waals surface area contributed by atoms with Crippen LogP contribution in [0, 0.1) is 0 Å². The van der Waals surface area contributed by atoms with Gasteiger partial charge in [-0.15, -0.1) is 0 Å². The second kappa shape index (κ2) is 7.68. The Kier molecular flexibility index (Phi) is 5.75. The minimum atomic E-state index is -3.03. The lowest BCUT2D eigenvalue weighted by Gasteiger charge is -2.24. The quantitative estimate of drug-likeness (QED) is 0.759. The molecule has 0 radical (unpaired) electrons. The van der Waals surface area contributed by atoms with Crippen LogP contribution in [0.2, 0.25) is 5.02 Å². The maximum absolute atomic E-state index is 12.1. The molecule has 2 aliphatic heterocycles. The van der Waals surface area contributed by atoms with Crippen molar-refractivity contribution >= 4 is 44.3 Å². The molecule has 8 heteroatoms. The van der Waals surface area contributed by atoms with Gasteiger partial charge < -0.3 is 4.90 Å². The van der Waals surface area contributed by atoms with Crippen LogP contribution in [-0.4, -0.2) is 47.2 Å². The maximum atomic E-state index is 12.1. The lowest BCUT2D eigenvalue weighted by atomic mass is 10.1. The fraction of sp³-hybridized carbons (Fsp3) is 0.529. The van der Waals surface area contributed by atoms with Gasteiger partial charge in [0.05, 0.1) is 17.5 Å². The summed E-state index contributed by atoms with van der Waals surface area (Å²) in [4.78, 5) is 18.3. The van der Waals surface area contributed by atoms with Gasteiger partial charge in [-0.05, 0) is 24.1 Å². The number of aliphatic imine (C=N–C) groups is 1. The van der Waals surface area contributed by atoms with Gasteiger partial charge in [0.2, 0.25) is 5.91 Å². The molecule has 0 saturated carbocycles. The lowest BCUT2D eigenvalue weighted by Crippen LogP contribution is -2.37. The monoisotopic (exact) mass is 400 g/mol. The number of halogens is 1. The number of amides is 1. The van der Waals surface area contributed by atoms with E-state index in [4.69, 9.17) is 11.6 Å². The highest BCUT2D eigenvalue weighted by atomic mass is 35.5. The van der Waals surface area contributed by atoms with E-state index in [1.807, 2.05) is 36.1 Å². The van der Waals surface area contributed by atoms with E-state index in [2.05, 4.69) is 4.99 Å². The van der Waals surface area contributed by atoms with Gasteiger partial charge in [-0.3, -0.25) is 4.79 Å². The number of carbonyl (C=O) groups excluding carboxylic acids is 1. The standard InChI is InChI=1S/C17H21ClN2O3S2/c1-2-3-4-16(21)19-17-20(9-12-5-7-13(18)8-6-12)14-10-25(22,23)11-15(14)24-17/h5-8,14-15H,2-4,9-11H2,1H3/t14-,15+/m0/s1. The highest BCUT2D eigenvalue weighted by Gasteiger charge is 2.48. The summed E-state index contributed by atoms with van der Waals surface area (Å²) in [6.45, 7) is 2.56. The van der Waals surface area contributed by atoms with E-state index in [1.165, 1.54) is 11.8 Å². The smallest absolute Gasteiger partial charge is 0.248 e. The Balaban J connectivity index is 1.83. The van der Waals surface area contributed by atoms with E-state index < -0.39 is 9.84 Å². The van der Waals surface area contributed by atoms with Crippen LogP contribution in [0.25, 0.3) is 0 Å². The summed E-state index contributed by atoms with van der Waals surface area (Å²) in [6.07, 6.45) is 2.20. The first-order chi connectivity index (χ1) is 11.9. The highest BCUT2D eigenvalue weighted by Crippen LogP contribution is 2.39. The molecule has 0 bridgehead atoms. The zero-order valence-electron chi connectivity index (χ0n) is 14.0. The van der Waals surface area contributed by atoms with E-state index in [-0.39, 0.29) is 28.7 Å². The molecule has 1 aromatic rings. The summed E-state index contributed by atoms with van der Waals surface area (Å²) in [5.41, 5.74) is 1.02. The summed E-state index contributed by atoms with van der Waals surface area (Å²) >= 11 is 7.36. The molecule has 2 heterocycles. The molecule has 0 N–H and O–H groups in total. The third-order valence-corrected chi connectivity index (χ3v) is 7.91. The Morgan fingerprint density at radius 1 is 1.32 bits per heavy atom. The van der Waals surface area contributed by atoms with Crippen molar-refractivity contribution in [3.63, 3.8) is 0 Å². The third-order valence-electron chi connectivity index (χ3n) is 4.41. The number of benzene rings is 1. The Morgan fingerprint density at radius 3 is 2.72 bits per heavy atom. The SMILES string of the molecule is CCCCC(=O)N=C1S[C@@H]2CS(=O)(=O)C[C@@H]2N1Cc1ccc(Cl)cc1. The molecule has 2 aliphatic rings. The minimum absolute atomic E-state index is 0.0463. The van der Waals surface area contributed by atoms with Crippen molar-refractivity contribution in [2.75, 3.05) is 11.5 Å². The average Bonchev–Trinajstić information content (AvgIpc) is 3.00. The molecule has 2 atom stereocenters. The van der Waals surface area contributed by atoms with Crippen LogP contribution in [0.15, 0.2) is 29.3 Å².